The molecule has 1 heterocycles. The molecule has 11 heteroatoms. The van der Waals surface area contributed by atoms with Crippen molar-refractivity contribution in [2.45, 2.75) is 56.2 Å². The van der Waals surface area contributed by atoms with Crippen LogP contribution >= 0.6 is 34.2 Å². The molecule has 30 heavy (non-hydrogen) atoms. The van der Waals surface area contributed by atoms with Crippen LogP contribution in [0.2, 0.25) is 5.02 Å². The van der Waals surface area contributed by atoms with Gasteiger partial charge in [0.25, 0.3) is 5.92 Å². The molecule has 164 valence electrons. The fourth-order valence-electron chi connectivity index (χ4n) is 4.06. The van der Waals surface area contributed by atoms with Crippen LogP contribution in [-0.2, 0) is 15.1 Å². The van der Waals surface area contributed by atoms with Gasteiger partial charge in [-0.25, -0.2) is 13.6 Å². The molecule has 0 spiro atoms. The van der Waals surface area contributed by atoms with Crippen molar-refractivity contribution in [3.63, 3.8) is 0 Å². The van der Waals surface area contributed by atoms with Crippen LogP contribution < -0.4 is 5.32 Å². The Morgan fingerprint density at radius 3 is 2.80 bits per heavy atom. The van der Waals surface area contributed by atoms with Gasteiger partial charge in [-0.3, -0.25) is 9.69 Å². The summed E-state index contributed by atoms with van der Waals surface area (Å²) in [6, 6.07) is 4.68. The molecule has 1 aliphatic heterocycles. The molecule has 2 N–H and O–H groups in total. The standard InChI is InChI=1S/C19H21ClF2IN3O4/c1-18(11-4-3-5-12(23)15(11)20)9-14(27)26(16(25-18)24-17(28)29)10-6-7-19(21,22)13(8-10)30-2/h3-5,10,13H,6-9H2,1-2H3,(H,24,25)(H,28,29)/t10?,13?,18-/m0/s1. The van der Waals surface area contributed by atoms with Gasteiger partial charge in [-0.15, -0.1) is 4.99 Å². The molecular weight excluding hydrogens is 535 g/mol. The number of guanidine groups is 1. The van der Waals surface area contributed by atoms with Crippen LogP contribution in [0.4, 0.5) is 13.6 Å². The smallest absolute Gasteiger partial charge is 0.434 e. The number of hydrogen-bond acceptors (Lipinski definition) is 3. The molecule has 1 saturated heterocycles. The Morgan fingerprint density at radius 1 is 1.47 bits per heavy atom. The van der Waals surface area contributed by atoms with Gasteiger partial charge in [0.2, 0.25) is 11.9 Å². The Morgan fingerprint density at radius 2 is 2.17 bits per heavy atom. The summed E-state index contributed by atoms with van der Waals surface area (Å²) in [6.07, 6.45) is -3.52. The molecule has 1 aliphatic carbocycles. The number of carboxylic acid groups (broad SMARTS) is 1. The highest BCUT2D eigenvalue weighted by Crippen LogP contribution is 2.40. The quantitative estimate of drug-likeness (QED) is 0.545. The van der Waals surface area contributed by atoms with Crippen LogP contribution in [0.5, 0.6) is 0 Å². The lowest BCUT2D eigenvalue weighted by Crippen LogP contribution is -2.64. The van der Waals surface area contributed by atoms with Crippen LogP contribution in [0, 0.1) is 3.57 Å². The van der Waals surface area contributed by atoms with Gasteiger partial charge in [-0.05, 0) is 47.6 Å². The molecular formula is C19H21ClF2IN3O4. The number of ether oxygens (including phenoxy) is 1. The van der Waals surface area contributed by atoms with Crippen LogP contribution in [0.1, 0.15) is 38.2 Å². The minimum absolute atomic E-state index is 0.000372. The van der Waals surface area contributed by atoms with Gasteiger partial charge in [0.15, 0.2) is 0 Å². The van der Waals surface area contributed by atoms with Crippen molar-refractivity contribution in [1.29, 1.82) is 0 Å². The Hall–Kier alpha value is -1.53. The molecule has 2 fully saturated rings. The zero-order valence-corrected chi connectivity index (χ0v) is 19.2. The molecule has 0 radical (unpaired) electrons. The summed E-state index contributed by atoms with van der Waals surface area (Å²) < 4.78 is 33.8. The van der Waals surface area contributed by atoms with E-state index in [0.29, 0.717) is 10.6 Å². The van der Waals surface area contributed by atoms with E-state index in [0.717, 1.165) is 3.57 Å². The van der Waals surface area contributed by atoms with Crippen molar-refractivity contribution in [1.82, 2.24) is 10.2 Å². The Balaban J connectivity index is 1.97. The number of nitrogens with zero attached hydrogens (tertiary/aromatic N) is 2. The van der Waals surface area contributed by atoms with E-state index in [1.54, 1.807) is 19.1 Å². The van der Waals surface area contributed by atoms with E-state index in [1.807, 2.05) is 6.07 Å². The van der Waals surface area contributed by atoms with Gasteiger partial charge in [0.1, 0.15) is 6.10 Å². The SMILES string of the molecule is COC1CC(N2C(=O)C[C@@](C)(c3cccc(I)c3Cl)N/C2=N\C(=O)O)CCC1(F)F. The maximum absolute atomic E-state index is 14.1. The second kappa shape index (κ2) is 8.54. The number of carbonyl (C=O) groups excluding carboxylic acids is 1. The minimum atomic E-state index is -3.01. The molecule has 0 bridgehead atoms. The first kappa shape index (κ1) is 23.1. The third-order valence-electron chi connectivity index (χ3n) is 5.55. The number of rotatable bonds is 3. The summed E-state index contributed by atoms with van der Waals surface area (Å²) in [5, 5.41) is 12.7. The molecule has 2 aliphatic rings. The van der Waals surface area contributed by atoms with E-state index in [-0.39, 0.29) is 25.2 Å². The molecule has 3 atom stereocenters. The Bertz CT molecular complexity index is 901. The van der Waals surface area contributed by atoms with Gasteiger partial charge in [0, 0.05) is 29.6 Å². The number of carbonyl (C=O) groups is 2. The number of hydrogen-bond donors (Lipinski definition) is 2. The molecule has 2 amide bonds. The van der Waals surface area contributed by atoms with Crippen molar-refractivity contribution in [2.75, 3.05) is 7.11 Å². The van der Waals surface area contributed by atoms with Crippen molar-refractivity contribution < 1.29 is 28.2 Å². The molecule has 1 aromatic rings. The summed E-state index contributed by atoms with van der Waals surface area (Å²) in [5.74, 6) is -3.62. The molecule has 0 aromatic heterocycles. The van der Waals surface area contributed by atoms with Crippen LogP contribution in [0.15, 0.2) is 23.2 Å². The average molecular weight is 556 g/mol. The van der Waals surface area contributed by atoms with E-state index in [4.69, 9.17) is 16.3 Å². The molecule has 3 rings (SSSR count). The van der Waals surface area contributed by atoms with E-state index >= 15 is 0 Å². The second-order valence-corrected chi connectivity index (χ2v) is 9.17. The second-order valence-electron chi connectivity index (χ2n) is 7.63. The fourth-order valence-corrected chi connectivity index (χ4v) is 4.89. The van der Waals surface area contributed by atoms with Crippen LogP contribution in [0.25, 0.3) is 0 Å². The van der Waals surface area contributed by atoms with Crippen molar-refractivity contribution in [3.8, 4) is 0 Å². The Labute approximate surface area is 190 Å². The number of benzene rings is 1. The molecule has 7 nitrogen and oxygen atoms in total. The summed E-state index contributed by atoms with van der Waals surface area (Å²) in [7, 11) is 1.19. The lowest BCUT2D eigenvalue weighted by atomic mass is 9.84. The zero-order chi connectivity index (χ0) is 22.3. The largest absolute Gasteiger partial charge is 0.463 e. The first-order valence-electron chi connectivity index (χ1n) is 9.25. The monoisotopic (exact) mass is 555 g/mol. The minimum Gasteiger partial charge on any atom is -0.463 e. The Kier molecular flexibility index (Phi) is 6.59. The fraction of sp³-hybridized carbons (Fsp3) is 0.526. The van der Waals surface area contributed by atoms with E-state index < -0.39 is 42.0 Å². The third-order valence-corrected chi connectivity index (χ3v) is 7.18. The topological polar surface area (TPSA) is 91.2 Å². The molecule has 1 saturated carbocycles. The van der Waals surface area contributed by atoms with Gasteiger partial charge in [-0.1, -0.05) is 23.7 Å². The third kappa shape index (κ3) is 4.40. The highest BCUT2D eigenvalue weighted by molar-refractivity contribution is 14.1. The normalized spacial score (nSPS) is 30.3. The molecule has 1 aromatic carbocycles. The zero-order valence-electron chi connectivity index (χ0n) is 16.3. The first-order chi connectivity index (χ1) is 14.0. The van der Waals surface area contributed by atoms with Crippen molar-refractivity contribution in [3.05, 3.63) is 32.4 Å². The van der Waals surface area contributed by atoms with Crippen LogP contribution in [-0.4, -0.2) is 53.1 Å². The van der Waals surface area contributed by atoms with E-state index in [9.17, 15) is 23.5 Å². The van der Waals surface area contributed by atoms with Crippen LogP contribution in [0.3, 0.4) is 0 Å². The van der Waals surface area contributed by atoms with E-state index in [2.05, 4.69) is 32.9 Å². The summed E-state index contributed by atoms with van der Waals surface area (Å²) >= 11 is 8.51. The van der Waals surface area contributed by atoms with Gasteiger partial charge in [0.05, 0.1) is 17.0 Å². The first-order valence-corrected chi connectivity index (χ1v) is 10.7. The maximum atomic E-state index is 14.1. The number of aliphatic imine (C=N–C) groups is 1. The van der Waals surface area contributed by atoms with Gasteiger partial charge < -0.3 is 15.2 Å². The number of amides is 2. The lowest BCUT2D eigenvalue weighted by molar-refractivity contribution is -0.161. The lowest BCUT2D eigenvalue weighted by Gasteiger charge is -2.47. The molecule has 2 unspecified atom stereocenters. The highest BCUT2D eigenvalue weighted by atomic mass is 127. The van der Waals surface area contributed by atoms with Crippen molar-refractivity contribution >= 4 is 52.2 Å². The number of nitrogens with one attached hydrogen (secondary N) is 1. The highest BCUT2D eigenvalue weighted by Gasteiger charge is 2.50. The predicted octanol–water partition coefficient (Wildman–Crippen LogP) is 4.22. The predicted molar refractivity (Wildman–Crippen MR) is 115 cm³/mol. The average Bonchev–Trinajstić information content (AvgIpc) is 2.63. The summed E-state index contributed by atoms with van der Waals surface area (Å²) in [5.41, 5.74) is -0.397. The van der Waals surface area contributed by atoms with Gasteiger partial charge >= 0.3 is 6.09 Å². The van der Waals surface area contributed by atoms with Crippen molar-refractivity contribution in [2.24, 2.45) is 4.99 Å². The summed E-state index contributed by atoms with van der Waals surface area (Å²) in [4.78, 5) is 29.3. The van der Waals surface area contributed by atoms with E-state index in [1.165, 1.54) is 12.0 Å². The number of halogens is 4. The maximum Gasteiger partial charge on any atom is 0.434 e. The number of alkyl halides is 2. The van der Waals surface area contributed by atoms with Gasteiger partial charge in [-0.2, -0.15) is 0 Å². The summed E-state index contributed by atoms with van der Waals surface area (Å²) in [6.45, 7) is 1.73. The number of methoxy groups -OCH3 is 1.